The van der Waals surface area contributed by atoms with Gasteiger partial charge in [0.25, 0.3) is 0 Å². The second-order valence-corrected chi connectivity index (χ2v) is 15.1. The summed E-state index contributed by atoms with van der Waals surface area (Å²) in [6.07, 6.45) is 1.80. The lowest BCUT2D eigenvalue weighted by Gasteiger charge is -2.34. The van der Waals surface area contributed by atoms with E-state index in [1.165, 1.54) is 44.2 Å². The molecule has 0 heterocycles. The molecule has 4 nitrogen and oxygen atoms in total. The van der Waals surface area contributed by atoms with Gasteiger partial charge in [0.05, 0.1) is 5.41 Å². The Morgan fingerprint density at radius 1 is 0.467 bits per heavy atom. The number of amidine groups is 2. The average molecular weight is 769 g/mol. The summed E-state index contributed by atoms with van der Waals surface area (Å²) < 4.78 is 0. The molecule has 0 fully saturated rings. The Kier molecular flexibility index (Phi) is 9.57. The molecule has 0 unspecified atom stereocenters. The molecule has 284 valence electrons. The second-order valence-electron chi connectivity index (χ2n) is 15.1. The fourth-order valence-electron chi connectivity index (χ4n) is 8.67. The first-order chi connectivity index (χ1) is 29.6. The van der Waals surface area contributed by atoms with Crippen molar-refractivity contribution in [1.29, 1.82) is 5.41 Å². The van der Waals surface area contributed by atoms with Crippen LogP contribution < -0.4 is 5.32 Å². The Labute approximate surface area is 350 Å². The first-order valence-electron chi connectivity index (χ1n) is 20.2. The minimum absolute atomic E-state index is 0.150. The van der Waals surface area contributed by atoms with Crippen LogP contribution in [0.5, 0.6) is 0 Å². The van der Waals surface area contributed by atoms with E-state index in [1.54, 1.807) is 6.21 Å². The molecule has 0 aliphatic heterocycles. The number of nitrogens with zero attached hydrogens (tertiary/aromatic N) is 2. The molecule has 0 bridgehead atoms. The van der Waals surface area contributed by atoms with Crippen LogP contribution in [-0.2, 0) is 5.41 Å². The third-order valence-corrected chi connectivity index (χ3v) is 11.5. The standard InChI is InChI=1S/C56H40N4/c57-54(41-19-6-2-7-20-41)60-55(58-38-39-16-4-1-5-17-39)42-30-33-47(34-31-42)59-53-37-46(32-35-48(53)44-29-28-40-18-10-11-21-43(40)36-44)56(45-22-8-3-9-23-45)51-26-14-12-24-49(51)50-25-13-15-27-52(50)56/h1-38,57,59H/b57-54?,58-38+,60-55-. The Morgan fingerprint density at radius 3 is 1.77 bits per heavy atom. The van der Waals surface area contributed by atoms with Gasteiger partial charge in [0.1, 0.15) is 0 Å². The van der Waals surface area contributed by atoms with Crippen molar-refractivity contribution < 1.29 is 0 Å². The van der Waals surface area contributed by atoms with Crippen LogP contribution in [0.25, 0.3) is 33.0 Å². The number of hydrogen-bond acceptors (Lipinski definition) is 2. The van der Waals surface area contributed by atoms with Gasteiger partial charge in [-0.1, -0.05) is 188 Å². The van der Waals surface area contributed by atoms with Crippen molar-refractivity contribution in [2.45, 2.75) is 5.41 Å². The summed E-state index contributed by atoms with van der Waals surface area (Å²) in [5.74, 6) is 0.610. The summed E-state index contributed by atoms with van der Waals surface area (Å²) in [7, 11) is 0. The lowest BCUT2D eigenvalue weighted by molar-refractivity contribution is 0.769. The van der Waals surface area contributed by atoms with Crippen molar-refractivity contribution in [3.05, 3.63) is 263 Å². The first kappa shape index (κ1) is 36.4. The molecule has 0 aromatic heterocycles. The predicted molar refractivity (Wildman–Crippen MR) is 250 cm³/mol. The van der Waals surface area contributed by atoms with Crippen molar-refractivity contribution in [3.8, 4) is 22.3 Å². The molecule has 1 aliphatic rings. The number of aliphatic imine (C=N–C) groups is 2. The van der Waals surface area contributed by atoms with E-state index in [9.17, 15) is 0 Å². The van der Waals surface area contributed by atoms with Crippen LogP contribution in [0.2, 0.25) is 0 Å². The molecule has 0 saturated carbocycles. The molecule has 0 saturated heterocycles. The van der Waals surface area contributed by atoms with Crippen LogP contribution >= 0.6 is 0 Å². The predicted octanol–water partition coefficient (Wildman–Crippen LogP) is 13.5. The smallest absolute Gasteiger partial charge is 0.161 e. The topological polar surface area (TPSA) is 60.6 Å². The highest BCUT2D eigenvalue weighted by Gasteiger charge is 2.46. The molecule has 2 N–H and O–H groups in total. The number of benzene rings is 9. The molecule has 0 atom stereocenters. The van der Waals surface area contributed by atoms with Gasteiger partial charge in [0, 0.05) is 34.3 Å². The van der Waals surface area contributed by atoms with Crippen molar-refractivity contribution in [1.82, 2.24) is 0 Å². The number of anilines is 2. The van der Waals surface area contributed by atoms with Gasteiger partial charge >= 0.3 is 0 Å². The van der Waals surface area contributed by atoms with E-state index in [1.807, 2.05) is 72.8 Å². The van der Waals surface area contributed by atoms with Gasteiger partial charge in [-0.15, -0.1) is 0 Å². The van der Waals surface area contributed by atoms with Gasteiger partial charge in [-0.2, -0.15) is 0 Å². The number of fused-ring (bicyclic) bond motifs is 4. The van der Waals surface area contributed by atoms with E-state index in [2.05, 4.69) is 157 Å². The largest absolute Gasteiger partial charge is 0.355 e. The van der Waals surface area contributed by atoms with Crippen molar-refractivity contribution in [2.24, 2.45) is 9.98 Å². The molecule has 60 heavy (non-hydrogen) atoms. The van der Waals surface area contributed by atoms with E-state index < -0.39 is 5.41 Å². The third-order valence-electron chi connectivity index (χ3n) is 11.5. The Bertz CT molecular complexity index is 3010. The van der Waals surface area contributed by atoms with Crippen LogP contribution in [0.1, 0.15) is 38.9 Å². The van der Waals surface area contributed by atoms with Crippen LogP contribution in [0.4, 0.5) is 11.4 Å². The summed E-state index contributed by atoms with van der Waals surface area (Å²) >= 11 is 0. The molecule has 0 radical (unpaired) electrons. The third kappa shape index (κ3) is 6.70. The number of hydrogen-bond donors (Lipinski definition) is 2. The lowest BCUT2D eigenvalue weighted by Crippen LogP contribution is -2.28. The van der Waals surface area contributed by atoms with Crippen LogP contribution in [-0.4, -0.2) is 17.9 Å². The van der Waals surface area contributed by atoms with Gasteiger partial charge in [-0.05, 0) is 91.7 Å². The van der Waals surface area contributed by atoms with Crippen molar-refractivity contribution in [3.63, 3.8) is 0 Å². The van der Waals surface area contributed by atoms with Crippen LogP contribution in [0, 0.1) is 5.41 Å². The molecule has 0 amide bonds. The summed E-state index contributed by atoms with van der Waals surface area (Å²) in [6.45, 7) is 0. The molecule has 4 heteroatoms. The van der Waals surface area contributed by atoms with Gasteiger partial charge in [-0.3, -0.25) is 5.41 Å². The zero-order valence-corrected chi connectivity index (χ0v) is 32.8. The highest BCUT2D eigenvalue weighted by atomic mass is 15.0. The fraction of sp³-hybridized carbons (Fsp3) is 0.0179. The van der Waals surface area contributed by atoms with Gasteiger partial charge in [-0.25, -0.2) is 9.98 Å². The van der Waals surface area contributed by atoms with Gasteiger partial charge in [0.15, 0.2) is 11.7 Å². The maximum Gasteiger partial charge on any atom is 0.161 e. The molecule has 1 aliphatic carbocycles. The Morgan fingerprint density at radius 2 is 1.07 bits per heavy atom. The van der Waals surface area contributed by atoms with Gasteiger partial charge in [0.2, 0.25) is 0 Å². The second kappa shape index (κ2) is 15.8. The highest BCUT2D eigenvalue weighted by Crippen LogP contribution is 2.56. The first-order valence-corrected chi connectivity index (χ1v) is 20.2. The van der Waals surface area contributed by atoms with Crippen molar-refractivity contribution >= 4 is 40.0 Å². The van der Waals surface area contributed by atoms with E-state index in [4.69, 9.17) is 15.4 Å². The van der Waals surface area contributed by atoms with Gasteiger partial charge < -0.3 is 5.32 Å². The average Bonchev–Trinajstić information content (AvgIpc) is 3.62. The maximum absolute atomic E-state index is 8.83. The van der Waals surface area contributed by atoms with E-state index in [0.29, 0.717) is 5.84 Å². The fourth-order valence-corrected chi connectivity index (χ4v) is 8.67. The zero-order valence-electron chi connectivity index (χ0n) is 32.8. The summed E-state index contributed by atoms with van der Waals surface area (Å²) in [5.41, 5.74) is 13.6. The van der Waals surface area contributed by atoms with Crippen molar-refractivity contribution in [2.75, 3.05) is 5.32 Å². The monoisotopic (exact) mass is 768 g/mol. The zero-order chi connectivity index (χ0) is 40.3. The molecular weight excluding hydrogens is 729 g/mol. The molecule has 9 aromatic rings. The summed E-state index contributed by atoms with van der Waals surface area (Å²) in [5, 5.41) is 15.1. The highest BCUT2D eigenvalue weighted by molar-refractivity contribution is 6.13. The normalized spacial score (nSPS) is 12.9. The molecule has 0 spiro atoms. The molecular formula is C56H40N4. The quantitative estimate of drug-likeness (QED) is 0.117. The van der Waals surface area contributed by atoms with E-state index in [0.717, 1.165) is 39.2 Å². The number of nitrogens with one attached hydrogen (secondary N) is 2. The minimum Gasteiger partial charge on any atom is -0.355 e. The van der Waals surface area contributed by atoms with E-state index in [-0.39, 0.29) is 5.84 Å². The van der Waals surface area contributed by atoms with E-state index >= 15 is 0 Å². The summed E-state index contributed by atoms with van der Waals surface area (Å²) in [4.78, 5) is 9.55. The minimum atomic E-state index is -0.540. The number of rotatable bonds is 8. The molecule has 10 rings (SSSR count). The Balaban J connectivity index is 1.10. The Hall–Kier alpha value is -7.95. The lowest BCUT2D eigenvalue weighted by atomic mass is 9.67. The summed E-state index contributed by atoms with van der Waals surface area (Å²) in [6, 6.07) is 78.5. The van der Waals surface area contributed by atoms with Crippen LogP contribution in [0.3, 0.4) is 0 Å². The van der Waals surface area contributed by atoms with Crippen LogP contribution in [0.15, 0.2) is 234 Å². The maximum atomic E-state index is 8.83. The molecule has 9 aromatic carbocycles. The SMILES string of the molecule is N=C(/N=C(\N=C\c1ccccc1)c1ccc(Nc2cc(C3(c4ccccc4)c4ccccc4-c4ccccc43)ccc2-c2ccc3ccccc3c2)cc1)c1ccccc1.